The van der Waals surface area contributed by atoms with E-state index in [0.29, 0.717) is 6.42 Å². The van der Waals surface area contributed by atoms with E-state index in [0.717, 1.165) is 31.4 Å². The van der Waals surface area contributed by atoms with Crippen LogP contribution < -0.4 is 15.2 Å². The van der Waals surface area contributed by atoms with Crippen LogP contribution in [0.4, 0.5) is 22.0 Å². The molecule has 4 N–H and O–H groups in total. The molecule has 2 atom stereocenters. The van der Waals surface area contributed by atoms with Gasteiger partial charge in [-0.3, -0.25) is 0 Å². The van der Waals surface area contributed by atoms with Crippen molar-refractivity contribution >= 4 is 16.0 Å². The van der Waals surface area contributed by atoms with Gasteiger partial charge in [0.2, 0.25) is 10.0 Å². The van der Waals surface area contributed by atoms with Crippen molar-refractivity contribution in [1.29, 1.82) is 0 Å². The van der Waals surface area contributed by atoms with Crippen LogP contribution in [0.1, 0.15) is 25.7 Å². The molecular formula is C16H19F5N2O5S. The minimum atomic E-state index is -5.08. The topological polar surface area (TPSA) is 119 Å². The molecule has 2 fully saturated rings. The van der Waals surface area contributed by atoms with Crippen molar-refractivity contribution in [3.05, 3.63) is 23.8 Å². The number of carbonyl (C=O) groups is 1. The van der Waals surface area contributed by atoms with Crippen LogP contribution in [-0.4, -0.2) is 44.9 Å². The Labute approximate surface area is 163 Å². The Morgan fingerprint density at radius 1 is 1.28 bits per heavy atom. The van der Waals surface area contributed by atoms with E-state index in [1.807, 2.05) is 0 Å². The van der Waals surface area contributed by atoms with Crippen LogP contribution in [0.5, 0.6) is 5.75 Å². The van der Waals surface area contributed by atoms with Gasteiger partial charge in [0.1, 0.15) is 17.4 Å². The predicted molar refractivity (Wildman–Crippen MR) is 89.6 cm³/mol. The van der Waals surface area contributed by atoms with Crippen LogP contribution in [0.25, 0.3) is 0 Å². The number of carboxylic acids is 1. The Morgan fingerprint density at radius 2 is 1.76 bits per heavy atom. The number of carboxylic acid groups (broad SMARTS) is 1. The van der Waals surface area contributed by atoms with Gasteiger partial charge in [-0.25, -0.2) is 26.7 Å². The van der Waals surface area contributed by atoms with Gasteiger partial charge >= 0.3 is 12.1 Å². The summed E-state index contributed by atoms with van der Waals surface area (Å²) in [5.74, 6) is -5.17. The molecule has 3 rings (SSSR count). The third kappa shape index (κ3) is 4.61. The zero-order valence-corrected chi connectivity index (χ0v) is 15.9. The van der Waals surface area contributed by atoms with E-state index in [-0.39, 0.29) is 23.2 Å². The van der Waals surface area contributed by atoms with Crippen molar-refractivity contribution in [3.63, 3.8) is 0 Å². The normalized spacial score (nSPS) is 22.7. The molecule has 29 heavy (non-hydrogen) atoms. The maximum absolute atomic E-state index is 14.0. The molecule has 1 aromatic carbocycles. The number of benzene rings is 1. The summed E-state index contributed by atoms with van der Waals surface area (Å²) in [6, 6.07) is 1.29. The molecule has 164 valence electrons. The number of alkyl halides is 3. The fraction of sp³-hybridized carbons (Fsp3) is 0.562. The van der Waals surface area contributed by atoms with E-state index in [2.05, 4.69) is 4.72 Å². The first-order valence-electron chi connectivity index (χ1n) is 8.35. The van der Waals surface area contributed by atoms with Gasteiger partial charge in [0.05, 0.1) is 7.11 Å². The maximum Gasteiger partial charge on any atom is 0.490 e. The smallest absolute Gasteiger partial charge is 0.490 e. The fourth-order valence-corrected chi connectivity index (χ4v) is 4.90. The SMILES string of the molecule is COc1cc(F)c(S(=O)(=O)NC2CC(N)C23CCC3)c(F)c1.O=C(O)C(F)(F)F. The number of sulfonamides is 1. The van der Waals surface area contributed by atoms with Crippen LogP contribution >= 0.6 is 0 Å². The van der Waals surface area contributed by atoms with Crippen LogP contribution in [0.15, 0.2) is 17.0 Å². The van der Waals surface area contributed by atoms with Gasteiger partial charge in [0, 0.05) is 29.6 Å². The summed E-state index contributed by atoms with van der Waals surface area (Å²) in [5, 5.41) is 7.12. The number of halogens is 5. The van der Waals surface area contributed by atoms with Crippen LogP contribution in [0.2, 0.25) is 0 Å². The number of methoxy groups -OCH3 is 1. The molecule has 2 aliphatic carbocycles. The van der Waals surface area contributed by atoms with Crippen LogP contribution in [-0.2, 0) is 14.8 Å². The zero-order chi connectivity index (χ0) is 22.2. The summed E-state index contributed by atoms with van der Waals surface area (Å²) >= 11 is 0. The highest BCUT2D eigenvalue weighted by atomic mass is 32.2. The molecule has 13 heteroatoms. The largest absolute Gasteiger partial charge is 0.497 e. The molecule has 0 aromatic heterocycles. The Hall–Kier alpha value is -1.99. The lowest BCUT2D eigenvalue weighted by Crippen LogP contribution is -2.69. The van der Waals surface area contributed by atoms with E-state index in [1.165, 1.54) is 7.11 Å². The average molecular weight is 446 g/mol. The molecule has 2 aliphatic rings. The summed E-state index contributed by atoms with van der Waals surface area (Å²) in [4.78, 5) is 7.93. The van der Waals surface area contributed by atoms with E-state index in [1.54, 1.807) is 0 Å². The number of nitrogens with one attached hydrogen (secondary N) is 1. The molecule has 7 nitrogen and oxygen atoms in total. The number of hydrogen-bond donors (Lipinski definition) is 3. The van der Waals surface area contributed by atoms with Crippen molar-refractivity contribution < 1.29 is 45.0 Å². The number of rotatable bonds is 4. The Kier molecular flexibility index (Phi) is 6.45. The molecule has 0 radical (unpaired) electrons. The average Bonchev–Trinajstić information content (AvgIpc) is 2.51. The summed E-state index contributed by atoms with van der Waals surface area (Å²) in [6.45, 7) is 0. The first kappa shape index (κ1) is 23.3. The number of hydrogen-bond acceptors (Lipinski definition) is 5. The molecule has 2 unspecified atom stereocenters. The lowest BCUT2D eigenvalue weighted by atomic mass is 9.50. The van der Waals surface area contributed by atoms with Gasteiger partial charge in [-0.1, -0.05) is 6.42 Å². The first-order valence-corrected chi connectivity index (χ1v) is 9.84. The highest BCUT2D eigenvalue weighted by Gasteiger charge is 2.57. The summed E-state index contributed by atoms with van der Waals surface area (Å²) in [6.07, 6.45) is -1.92. The van der Waals surface area contributed by atoms with E-state index in [9.17, 15) is 30.4 Å². The molecule has 0 bridgehead atoms. The van der Waals surface area contributed by atoms with Gasteiger partial charge in [0.25, 0.3) is 0 Å². The summed E-state index contributed by atoms with van der Waals surface area (Å²) < 4.78 is 91.5. The number of nitrogens with two attached hydrogens (primary N) is 1. The number of ether oxygens (including phenoxy) is 1. The third-order valence-electron chi connectivity index (χ3n) is 5.22. The monoisotopic (exact) mass is 446 g/mol. The van der Waals surface area contributed by atoms with Crippen LogP contribution in [0, 0.1) is 17.0 Å². The van der Waals surface area contributed by atoms with Gasteiger partial charge in [-0.2, -0.15) is 13.2 Å². The molecule has 0 saturated heterocycles. The lowest BCUT2D eigenvalue weighted by molar-refractivity contribution is -0.192. The van der Waals surface area contributed by atoms with Crippen LogP contribution in [0.3, 0.4) is 0 Å². The van der Waals surface area contributed by atoms with Gasteiger partial charge < -0.3 is 15.6 Å². The second kappa shape index (κ2) is 8.03. The van der Waals surface area contributed by atoms with Gasteiger partial charge in [-0.15, -0.1) is 0 Å². The van der Waals surface area contributed by atoms with Crippen molar-refractivity contribution in [2.75, 3.05) is 7.11 Å². The molecule has 0 heterocycles. The maximum atomic E-state index is 14.0. The standard InChI is InChI=1S/C14H18F2N2O3S.C2HF3O2/c1-21-8-5-9(15)13(10(16)6-8)22(19,20)18-12-7-11(17)14(12)3-2-4-14;3-2(4,5)1(6)7/h5-6,11-12,18H,2-4,7,17H2,1H3;(H,6,7). The van der Waals surface area contributed by atoms with Crippen molar-refractivity contribution in [2.24, 2.45) is 11.1 Å². The minimum Gasteiger partial charge on any atom is -0.497 e. The van der Waals surface area contributed by atoms with Crippen molar-refractivity contribution in [1.82, 2.24) is 4.72 Å². The minimum absolute atomic E-state index is 0.0560. The highest BCUT2D eigenvalue weighted by Crippen LogP contribution is 2.55. The van der Waals surface area contributed by atoms with Gasteiger partial charge in [-0.05, 0) is 19.3 Å². The van der Waals surface area contributed by atoms with Crippen molar-refractivity contribution in [2.45, 2.75) is 48.8 Å². The first-order chi connectivity index (χ1) is 13.2. The Morgan fingerprint density at radius 3 is 2.07 bits per heavy atom. The molecular weight excluding hydrogens is 427 g/mol. The van der Waals surface area contributed by atoms with Crippen molar-refractivity contribution in [3.8, 4) is 5.75 Å². The van der Waals surface area contributed by atoms with E-state index < -0.39 is 38.7 Å². The summed E-state index contributed by atoms with van der Waals surface area (Å²) in [5.41, 5.74) is 5.72. The van der Waals surface area contributed by atoms with Gasteiger partial charge in [0.15, 0.2) is 4.90 Å². The zero-order valence-electron chi connectivity index (χ0n) is 15.1. The molecule has 1 spiro atoms. The second-order valence-corrected chi connectivity index (χ2v) is 8.48. The molecule has 2 saturated carbocycles. The molecule has 1 aromatic rings. The van der Waals surface area contributed by atoms with E-state index in [4.69, 9.17) is 20.4 Å². The summed E-state index contributed by atoms with van der Waals surface area (Å²) in [7, 11) is -3.04. The molecule has 0 aliphatic heterocycles. The highest BCUT2D eigenvalue weighted by molar-refractivity contribution is 7.89. The Bertz CT molecular complexity index is 863. The second-order valence-electron chi connectivity index (χ2n) is 6.83. The fourth-order valence-electron chi connectivity index (χ4n) is 3.45. The lowest BCUT2D eigenvalue weighted by Gasteiger charge is -2.60. The van der Waals surface area contributed by atoms with E-state index >= 15 is 0 Å². The predicted octanol–water partition coefficient (Wildman–Crippen LogP) is 2.15. The Balaban J connectivity index is 0.000000370. The third-order valence-corrected chi connectivity index (χ3v) is 6.74. The quantitative estimate of drug-likeness (QED) is 0.610. The number of aliphatic carboxylic acids is 1. The molecule has 0 amide bonds.